The second-order valence-electron chi connectivity index (χ2n) is 3.56. The van der Waals surface area contributed by atoms with Crippen molar-refractivity contribution in [2.24, 2.45) is 5.73 Å². The highest BCUT2D eigenvalue weighted by molar-refractivity contribution is 5.92. The lowest BCUT2D eigenvalue weighted by atomic mass is 10.2. The van der Waals surface area contributed by atoms with Crippen LogP contribution in [0.1, 0.15) is 0 Å². The molecule has 94 valence electrons. The monoisotopic (exact) mass is 241 g/mol. The van der Waals surface area contributed by atoms with Gasteiger partial charge in [-0.3, -0.25) is 4.79 Å². The molecular weight excluding hydrogens is 225 g/mol. The van der Waals surface area contributed by atoms with Gasteiger partial charge in [-0.2, -0.15) is 0 Å². The van der Waals surface area contributed by atoms with Gasteiger partial charge in [-0.05, 0) is 18.2 Å². The predicted molar refractivity (Wildman–Crippen MR) is 64.4 cm³/mol. The maximum atomic E-state index is 13.6. The molecule has 0 fully saturated rings. The molecule has 17 heavy (non-hydrogen) atoms. The second-order valence-corrected chi connectivity index (χ2v) is 3.56. The first-order valence-electron chi connectivity index (χ1n) is 5.20. The number of nitrogens with one attached hydrogen (secondary N) is 1. The first-order valence-corrected chi connectivity index (χ1v) is 5.20. The van der Waals surface area contributed by atoms with E-state index in [2.05, 4.69) is 5.32 Å². The predicted octanol–water partition coefficient (Wildman–Crippen LogP) is 0.151. The van der Waals surface area contributed by atoms with E-state index < -0.39 is 11.7 Å². The van der Waals surface area contributed by atoms with Crippen LogP contribution in [0, 0.1) is 5.82 Å². The summed E-state index contributed by atoms with van der Waals surface area (Å²) in [7, 11) is 1.74. The molecule has 0 bridgehead atoms. The quantitative estimate of drug-likeness (QED) is 0.685. The van der Waals surface area contributed by atoms with Crippen LogP contribution in [0.3, 0.4) is 0 Å². The van der Waals surface area contributed by atoms with Crippen LogP contribution in [0.5, 0.6) is 0 Å². The number of halogens is 1. The Labute approximate surface area is 99.0 Å². The Morgan fingerprint density at radius 2 is 2.29 bits per heavy atom. The molecule has 6 heteroatoms. The second kappa shape index (κ2) is 6.17. The Morgan fingerprint density at radius 3 is 2.82 bits per heavy atom. The summed E-state index contributed by atoms with van der Waals surface area (Å²) in [6, 6.07) is 4.42. The highest BCUT2D eigenvalue weighted by Crippen LogP contribution is 2.21. The van der Waals surface area contributed by atoms with Crippen LogP contribution in [0.15, 0.2) is 18.2 Å². The largest absolute Gasteiger partial charge is 0.395 e. The lowest BCUT2D eigenvalue weighted by Crippen LogP contribution is -2.23. The number of amides is 1. The van der Waals surface area contributed by atoms with Crippen molar-refractivity contribution in [3.05, 3.63) is 24.0 Å². The topological polar surface area (TPSA) is 78.6 Å². The summed E-state index contributed by atoms with van der Waals surface area (Å²) in [5.74, 6) is -0.977. The highest BCUT2D eigenvalue weighted by atomic mass is 19.1. The van der Waals surface area contributed by atoms with Crippen molar-refractivity contribution in [1.82, 2.24) is 0 Å². The summed E-state index contributed by atoms with van der Waals surface area (Å²) in [4.78, 5) is 12.7. The lowest BCUT2D eigenvalue weighted by Gasteiger charge is -2.18. The number of hydrogen-bond donors (Lipinski definition) is 3. The molecule has 1 rings (SSSR count). The van der Waals surface area contributed by atoms with E-state index in [4.69, 9.17) is 10.8 Å². The summed E-state index contributed by atoms with van der Waals surface area (Å²) in [5.41, 5.74) is 5.84. The number of anilines is 2. The molecular formula is C11H16FN3O2. The smallest absolute Gasteiger partial charge is 0.238 e. The fourth-order valence-electron chi connectivity index (χ4n) is 1.32. The van der Waals surface area contributed by atoms with Crippen molar-refractivity contribution in [2.75, 3.05) is 37.0 Å². The van der Waals surface area contributed by atoms with E-state index in [-0.39, 0.29) is 18.8 Å². The van der Waals surface area contributed by atoms with Gasteiger partial charge < -0.3 is 21.1 Å². The number of hydrogen-bond acceptors (Lipinski definition) is 4. The first kappa shape index (κ1) is 13.4. The summed E-state index contributed by atoms with van der Waals surface area (Å²) in [6.45, 7) is 0.212. The summed E-state index contributed by atoms with van der Waals surface area (Å²) in [6.07, 6.45) is 0. The zero-order valence-corrected chi connectivity index (χ0v) is 9.61. The van der Waals surface area contributed by atoms with Gasteiger partial charge >= 0.3 is 0 Å². The van der Waals surface area contributed by atoms with Crippen LogP contribution in [0.25, 0.3) is 0 Å². The maximum Gasteiger partial charge on any atom is 0.238 e. The van der Waals surface area contributed by atoms with Gasteiger partial charge in [0.15, 0.2) is 0 Å². The third-order valence-corrected chi connectivity index (χ3v) is 2.29. The van der Waals surface area contributed by atoms with Crippen molar-refractivity contribution >= 4 is 17.3 Å². The fourth-order valence-corrected chi connectivity index (χ4v) is 1.32. The van der Waals surface area contributed by atoms with E-state index >= 15 is 0 Å². The summed E-state index contributed by atoms with van der Waals surface area (Å²) in [5, 5.41) is 11.1. The standard InChI is InChI=1S/C11H16FN3O2/c1-15(4-5-16)8-2-3-10(9(12)6-8)14-11(17)7-13/h2-3,6,16H,4-5,7,13H2,1H3,(H,14,17). The van der Waals surface area contributed by atoms with E-state index in [1.165, 1.54) is 12.1 Å². The van der Waals surface area contributed by atoms with Crippen molar-refractivity contribution in [3.8, 4) is 0 Å². The van der Waals surface area contributed by atoms with Crippen LogP contribution in [-0.2, 0) is 4.79 Å². The van der Waals surface area contributed by atoms with Crippen molar-refractivity contribution in [1.29, 1.82) is 0 Å². The molecule has 0 saturated carbocycles. The number of likely N-dealkylation sites (N-methyl/N-ethyl adjacent to an activating group) is 1. The Hall–Kier alpha value is -1.66. The van der Waals surface area contributed by atoms with Crippen LogP contribution in [-0.4, -0.2) is 37.8 Å². The molecule has 0 aromatic heterocycles. The molecule has 0 heterocycles. The summed E-state index contributed by atoms with van der Waals surface area (Å²) < 4.78 is 13.6. The van der Waals surface area contributed by atoms with Gasteiger partial charge in [0.1, 0.15) is 5.82 Å². The molecule has 0 atom stereocenters. The van der Waals surface area contributed by atoms with Gasteiger partial charge in [-0.25, -0.2) is 4.39 Å². The molecule has 4 N–H and O–H groups in total. The number of rotatable bonds is 5. The van der Waals surface area contributed by atoms with E-state index in [9.17, 15) is 9.18 Å². The molecule has 0 radical (unpaired) electrons. The molecule has 0 aliphatic rings. The Bertz CT molecular complexity index is 398. The van der Waals surface area contributed by atoms with Gasteiger partial charge in [0, 0.05) is 19.3 Å². The lowest BCUT2D eigenvalue weighted by molar-refractivity contribution is -0.114. The van der Waals surface area contributed by atoms with Crippen LogP contribution < -0.4 is 16.0 Å². The minimum Gasteiger partial charge on any atom is -0.395 e. The Morgan fingerprint density at radius 1 is 1.59 bits per heavy atom. The molecule has 0 spiro atoms. The third kappa shape index (κ3) is 3.69. The molecule has 5 nitrogen and oxygen atoms in total. The fraction of sp³-hybridized carbons (Fsp3) is 0.364. The van der Waals surface area contributed by atoms with Gasteiger partial charge in [0.2, 0.25) is 5.91 Å². The van der Waals surface area contributed by atoms with Crippen molar-refractivity contribution < 1.29 is 14.3 Å². The number of aliphatic hydroxyl groups is 1. The van der Waals surface area contributed by atoms with Gasteiger partial charge in [-0.1, -0.05) is 0 Å². The average Bonchev–Trinajstić information content (AvgIpc) is 2.31. The highest BCUT2D eigenvalue weighted by Gasteiger charge is 2.08. The normalized spacial score (nSPS) is 10.1. The third-order valence-electron chi connectivity index (χ3n) is 2.29. The first-order chi connectivity index (χ1) is 8.08. The van der Waals surface area contributed by atoms with E-state index in [0.717, 1.165) is 0 Å². The summed E-state index contributed by atoms with van der Waals surface area (Å²) >= 11 is 0. The Kier molecular flexibility index (Phi) is 4.86. The number of nitrogens with two attached hydrogens (primary N) is 1. The van der Waals surface area contributed by atoms with E-state index in [0.29, 0.717) is 12.2 Å². The average molecular weight is 241 g/mol. The minimum absolute atomic E-state index is 0.0101. The molecule has 1 aromatic carbocycles. The molecule has 1 amide bonds. The van der Waals surface area contributed by atoms with Crippen molar-refractivity contribution in [2.45, 2.75) is 0 Å². The van der Waals surface area contributed by atoms with Gasteiger partial charge in [0.05, 0.1) is 18.8 Å². The van der Waals surface area contributed by atoms with Crippen LogP contribution in [0.4, 0.5) is 15.8 Å². The number of nitrogens with zero attached hydrogens (tertiary/aromatic N) is 1. The Balaban J connectivity index is 2.82. The molecule has 0 unspecified atom stereocenters. The molecule has 0 aliphatic heterocycles. The number of carbonyl (C=O) groups is 1. The zero-order valence-electron chi connectivity index (χ0n) is 9.61. The van der Waals surface area contributed by atoms with Crippen LogP contribution >= 0.6 is 0 Å². The number of benzene rings is 1. The maximum absolute atomic E-state index is 13.6. The van der Waals surface area contributed by atoms with Gasteiger partial charge in [0.25, 0.3) is 0 Å². The number of carbonyl (C=O) groups excluding carboxylic acids is 1. The van der Waals surface area contributed by atoms with Gasteiger partial charge in [-0.15, -0.1) is 0 Å². The molecule has 0 saturated heterocycles. The SMILES string of the molecule is CN(CCO)c1ccc(NC(=O)CN)c(F)c1. The molecule has 0 aliphatic carbocycles. The van der Waals surface area contributed by atoms with E-state index in [1.807, 2.05) is 0 Å². The number of aliphatic hydroxyl groups excluding tert-OH is 1. The zero-order chi connectivity index (χ0) is 12.8. The van der Waals surface area contributed by atoms with Crippen LogP contribution in [0.2, 0.25) is 0 Å². The van der Waals surface area contributed by atoms with E-state index in [1.54, 1.807) is 18.0 Å². The molecule has 1 aromatic rings. The minimum atomic E-state index is -0.533. The van der Waals surface area contributed by atoms with Crippen molar-refractivity contribution in [3.63, 3.8) is 0 Å².